The van der Waals surface area contributed by atoms with Gasteiger partial charge in [0.2, 0.25) is 5.91 Å². The van der Waals surface area contributed by atoms with E-state index in [4.69, 9.17) is 0 Å². The van der Waals surface area contributed by atoms with Crippen molar-refractivity contribution in [3.63, 3.8) is 0 Å². The van der Waals surface area contributed by atoms with Gasteiger partial charge in [-0.2, -0.15) is 5.10 Å². The summed E-state index contributed by atoms with van der Waals surface area (Å²) >= 11 is 0. The first-order valence-corrected chi connectivity index (χ1v) is 11.1. The topological polar surface area (TPSA) is 73.9 Å². The van der Waals surface area contributed by atoms with Crippen LogP contribution in [0.2, 0.25) is 0 Å². The quantitative estimate of drug-likeness (QED) is 0.709. The highest BCUT2D eigenvalue weighted by molar-refractivity contribution is 7.18. The van der Waals surface area contributed by atoms with Gasteiger partial charge < -0.3 is 10.2 Å². The van der Waals surface area contributed by atoms with Crippen LogP contribution in [-0.4, -0.2) is 39.6 Å². The third-order valence-electron chi connectivity index (χ3n) is 6.32. The summed E-state index contributed by atoms with van der Waals surface area (Å²) in [5.41, 5.74) is 2.26. The molecule has 156 valence electrons. The summed E-state index contributed by atoms with van der Waals surface area (Å²) in [4.78, 5) is 19.6. The van der Waals surface area contributed by atoms with Crippen molar-refractivity contribution in [3.05, 3.63) is 24.5 Å². The number of amides is 1. The minimum atomic E-state index is -1.33. The van der Waals surface area contributed by atoms with Crippen LogP contribution in [0.3, 0.4) is 0 Å². The molecule has 2 N–H and O–H groups in total. The van der Waals surface area contributed by atoms with Crippen molar-refractivity contribution in [2.45, 2.75) is 50.9 Å². The van der Waals surface area contributed by atoms with E-state index in [2.05, 4.69) is 36.7 Å². The van der Waals surface area contributed by atoms with Gasteiger partial charge in [0, 0.05) is 36.8 Å². The van der Waals surface area contributed by atoms with Crippen molar-refractivity contribution >= 4 is 26.7 Å². The van der Waals surface area contributed by atoms with Gasteiger partial charge in [-0.1, -0.05) is 22.6 Å². The summed E-state index contributed by atoms with van der Waals surface area (Å²) in [5, 5.41) is 8.84. The molecule has 8 heteroatoms. The number of halogens is 1. The van der Waals surface area contributed by atoms with E-state index in [1.807, 2.05) is 17.0 Å². The fraction of sp³-hybridized carbons (Fsp3) is 0.571. The molecule has 1 aliphatic heterocycles. The second-order valence-electron chi connectivity index (χ2n) is 8.35. The first kappa shape index (κ1) is 20.3. The zero-order valence-corrected chi connectivity index (χ0v) is 18.0. The van der Waals surface area contributed by atoms with E-state index < -0.39 is 5.41 Å². The number of carbonyl (C=O) groups is 1. The Labute approximate surface area is 173 Å². The van der Waals surface area contributed by atoms with Crippen LogP contribution in [0.15, 0.2) is 24.5 Å². The molecular formula is C21H29FN5OP. The number of nitrogens with zero attached hydrogens (tertiary/aromatic N) is 3. The van der Waals surface area contributed by atoms with Gasteiger partial charge >= 0.3 is 0 Å². The summed E-state index contributed by atoms with van der Waals surface area (Å²) in [7, 11) is 2.30. The maximum atomic E-state index is 14.5. The molecule has 0 spiro atoms. The molecule has 6 nitrogen and oxygen atoms in total. The number of nitrogens with one attached hydrogen (secondary N) is 2. The van der Waals surface area contributed by atoms with E-state index in [-0.39, 0.29) is 18.4 Å². The summed E-state index contributed by atoms with van der Waals surface area (Å²) < 4.78 is 14.5. The summed E-state index contributed by atoms with van der Waals surface area (Å²) in [6.07, 6.45) is 9.02. The van der Waals surface area contributed by atoms with E-state index in [0.717, 1.165) is 42.9 Å². The molecule has 2 fully saturated rings. The van der Waals surface area contributed by atoms with Crippen molar-refractivity contribution in [2.24, 2.45) is 11.8 Å². The predicted molar refractivity (Wildman–Crippen MR) is 117 cm³/mol. The van der Waals surface area contributed by atoms with E-state index >= 15 is 0 Å². The molecular weight excluding hydrogens is 388 g/mol. The number of alkyl halides is 1. The van der Waals surface area contributed by atoms with Crippen LogP contribution >= 0.6 is 9.24 Å². The molecule has 4 rings (SSSR count). The first-order chi connectivity index (χ1) is 14.0. The maximum absolute atomic E-state index is 14.5. The Hall–Kier alpha value is -2.01. The summed E-state index contributed by atoms with van der Waals surface area (Å²) in [6.45, 7) is 3.02. The van der Waals surface area contributed by atoms with Crippen LogP contribution in [0.5, 0.6) is 0 Å². The van der Waals surface area contributed by atoms with Crippen LogP contribution in [0.1, 0.15) is 45.4 Å². The lowest BCUT2D eigenvalue weighted by atomic mass is 9.80. The number of aromatic amines is 1. The maximum Gasteiger partial charge on any atom is 0.227 e. The summed E-state index contributed by atoms with van der Waals surface area (Å²) in [6, 6.07) is 3.72. The van der Waals surface area contributed by atoms with E-state index in [0.29, 0.717) is 24.5 Å². The van der Waals surface area contributed by atoms with E-state index in [1.54, 1.807) is 12.4 Å². The zero-order valence-electron chi connectivity index (χ0n) is 16.8. The molecule has 1 saturated heterocycles. The monoisotopic (exact) mass is 417 g/mol. The van der Waals surface area contributed by atoms with Gasteiger partial charge in [0.05, 0.1) is 17.9 Å². The Balaban J connectivity index is 1.62. The van der Waals surface area contributed by atoms with Gasteiger partial charge in [-0.25, -0.2) is 9.37 Å². The predicted octanol–water partition coefficient (Wildman–Crippen LogP) is 4.38. The SMILES string of the molecule is CC[C@H]1CC[C@H](C(=O)Nc2c(-c3ccn[nH]3)ccnc2N2CCC(F)(P)C2)CC1. The molecule has 1 amide bonds. The Morgan fingerprint density at radius 1 is 1.34 bits per heavy atom. The Bertz CT molecular complexity index is 849. The highest BCUT2D eigenvalue weighted by atomic mass is 31.0. The van der Waals surface area contributed by atoms with Crippen LogP contribution in [0.4, 0.5) is 15.9 Å². The summed E-state index contributed by atoms with van der Waals surface area (Å²) in [5.74, 6) is 1.40. The lowest BCUT2D eigenvalue weighted by molar-refractivity contribution is -0.121. The number of aromatic nitrogens is 3. The van der Waals surface area contributed by atoms with Gasteiger partial charge in [-0.3, -0.25) is 9.89 Å². The number of pyridine rings is 1. The third-order valence-corrected chi connectivity index (χ3v) is 6.79. The number of rotatable bonds is 5. The smallest absolute Gasteiger partial charge is 0.227 e. The number of carbonyl (C=O) groups excluding carboxylic acids is 1. The van der Waals surface area contributed by atoms with Crippen LogP contribution in [0, 0.1) is 11.8 Å². The molecule has 2 unspecified atom stereocenters. The molecule has 29 heavy (non-hydrogen) atoms. The molecule has 2 aliphatic rings. The van der Waals surface area contributed by atoms with Crippen molar-refractivity contribution in [1.82, 2.24) is 15.2 Å². The van der Waals surface area contributed by atoms with Crippen molar-refractivity contribution < 1.29 is 9.18 Å². The molecule has 2 aromatic heterocycles. The number of anilines is 2. The standard InChI is InChI=1S/C21H29FN5OP/c1-2-14-3-5-15(6-4-14)20(28)25-18-16(17-8-11-24-26-17)7-10-23-19(18)27-12-9-21(22,29)13-27/h7-8,10-11,14-15H,2-6,9,12-13,29H2,1H3,(H,24,26)(H,25,28)/t14-,15-,21?. The molecule has 2 aromatic rings. The van der Waals surface area contributed by atoms with E-state index in [9.17, 15) is 9.18 Å². The average molecular weight is 417 g/mol. The number of hydrogen-bond donors (Lipinski definition) is 2. The second-order valence-corrected chi connectivity index (χ2v) is 9.38. The fourth-order valence-corrected chi connectivity index (χ4v) is 4.83. The molecule has 1 aliphatic carbocycles. The lowest BCUT2D eigenvalue weighted by Gasteiger charge is -2.28. The van der Waals surface area contributed by atoms with Crippen LogP contribution in [-0.2, 0) is 4.79 Å². The number of hydrogen-bond acceptors (Lipinski definition) is 4. The highest BCUT2D eigenvalue weighted by Gasteiger charge is 2.36. The van der Waals surface area contributed by atoms with Crippen LogP contribution < -0.4 is 10.2 Å². The molecule has 2 atom stereocenters. The lowest BCUT2D eigenvalue weighted by Crippen LogP contribution is -2.30. The molecule has 0 radical (unpaired) electrons. The van der Waals surface area contributed by atoms with E-state index in [1.165, 1.54) is 6.42 Å². The molecule has 0 bridgehead atoms. The second kappa shape index (κ2) is 8.39. The zero-order chi connectivity index (χ0) is 20.4. The van der Waals surface area contributed by atoms with Crippen molar-refractivity contribution in [3.8, 4) is 11.3 Å². The van der Waals surface area contributed by atoms with Gasteiger partial charge in [-0.05, 0) is 43.7 Å². The fourth-order valence-electron chi connectivity index (χ4n) is 4.48. The van der Waals surface area contributed by atoms with Gasteiger partial charge in [0.25, 0.3) is 0 Å². The minimum Gasteiger partial charge on any atom is -0.351 e. The third kappa shape index (κ3) is 4.45. The Morgan fingerprint density at radius 3 is 2.76 bits per heavy atom. The molecule has 3 heterocycles. The van der Waals surface area contributed by atoms with Crippen LogP contribution in [0.25, 0.3) is 11.3 Å². The Morgan fingerprint density at radius 2 is 2.14 bits per heavy atom. The Kier molecular flexibility index (Phi) is 5.86. The molecule has 1 saturated carbocycles. The number of H-pyrrole nitrogens is 1. The van der Waals surface area contributed by atoms with Gasteiger partial charge in [-0.15, -0.1) is 0 Å². The van der Waals surface area contributed by atoms with Crippen molar-refractivity contribution in [1.29, 1.82) is 0 Å². The van der Waals surface area contributed by atoms with Gasteiger partial charge in [0.1, 0.15) is 5.41 Å². The first-order valence-electron chi connectivity index (χ1n) is 10.5. The highest BCUT2D eigenvalue weighted by Crippen LogP contribution is 2.40. The average Bonchev–Trinajstić information content (AvgIpc) is 3.38. The molecule has 0 aromatic carbocycles. The van der Waals surface area contributed by atoms with Gasteiger partial charge in [0.15, 0.2) is 5.82 Å². The largest absolute Gasteiger partial charge is 0.351 e. The van der Waals surface area contributed by atoms with Crippen molar-refractivity contribution in [2.75, 3.05) is 23.3 Å². The minimum absolute atomic E-state index is 0.0149. The normalized spacial score (nSPS) is 27.2.